The molecule has 0 spiro atoms. The second kappa shape index (κ2) is 10.6. The number of carbonyl (C=O) groups is 3. The summed E-state index contributed by atoms with van der Waals surface area (Å²) >= 11 is 0. The lowest BCUT2D eigenvalue weighted by molar-refractivity contribution is 0.0507. The van der Waals surface area contributed by atoms with Crippen molar-refractivity contribution in [3.63, 3.8) is 0 Å². The Labute approximate surface area is 183 Å². The molecule has 1 atom stereocenters. The predicted octanol–water partition coefficient (Wildman–Crippen LogP) is 4.72. The van der Waals surface area contributed by atoms with Crippen LogP contribution in [-0.2, 0) is 16.1 Å². The van der Waals surface area contributed by atoms with Crippen LogP contribution in [0.15, 0.2) is 54.6 Å². The van der Waals surface area contributed by atoms with Gasteiger partial charge in [-0.25, -0.2) is 9.59 Å². The van der Waals surface area contributed by atoms with Gasteiger partial charge in [-0.1, -0.05) is 54.6 Å². The Morgan fingerprint density at radius 2 is 1.61 bits per heavy atom. The first kappa shape index (κ1) is 23.9. The molecule has 0 bridgehead atoms. The maximum absolute atomic E-state index is 12.5. The molecule has 0 fully saturated rings. The fraction of sp³-hybridized carbons (Fsp3) is 0.375. The molecule has 7 heteroatoms. The molecule has 2 rings (SSSR count). The third-order valence-corrected chi connectivity index (χ3v) is 4.36. The van der Waals surface area contributed by atoms with Crippen LogP contribution in [0.3, 0.4) is 0 Å². The molecule has 0 saturated carbocycles. The van der Waals surface area contributed by atoms with Crippen molar-refractivity contribution in [1.29, 1.82) is 0 Å². The normalized spacial score (nSPS) is 11.9. The van der Waals surface area contributed by atoms with E-state index in [1.807, 2.05) is 37.3 Å². The van der Waals surface area contributed by atoms with Gasteiger partial charge in [0, 0.05) is 12.6 Å². The lowest BCUT2D eigenvalue weighted by Crippen LogP contribution is -2.34. The van der Waals surface area contributed by atoms with Gasteiger partial charge in [-0.2, -0.15) is 0 Å². The number of ether oxygens (including phenoxy) is 2. The zero-order valence-electron chi connectivity index (χ0n) is 18.7. The number of hydrogen-bond acceptors (Lipinski definition) is 5. The molecule has 0 aliphatic rings. The number of likely N-dealkylation sites (N-methyl/N-ethyl adjacent to an activating group) is 1. The van der Waals surface area contributed by atoms with E-state index in [0.29, 0.717) is 5.56 Å². The molecule has 2 amide bonds. The van der Waals surface area contributed by atoms with Crippen LogP contribution in [0.1, 0.15) is 55.2 Å². The molecule has 0 unspecified atom stereocenters. The summed E-state index contributed by atoms with van der Waals surface area (Å²) in [4.78, 5) is 37.8. The molecule has 0 aromatic heterocycles. The highest BCUT2D eigenvalue weighted by Gasteiger charge is 2.19. The molecule has 2 aromatic carbocycles. The molecule has 0 saturated heterocycles. The molecular formula is C24H30N2O5. The third kappa shape index (κ3) is 8.12. The monoisotopic (exact) mass is 426 g/mol. The molecule has 31 heavy (non-hydrogen) atoms. The Kier molecular flexibility index (Phi) is 8.19. The second-order valence-corrected chi connectivity index (χ2v) is 8.31. The van der Waals surface area contributed by atoms with Crippen molar-refractivity contribution in [2.45, 2.75) is 45.9 Å². The van der Waals surface area contributed by atoms with Crippen LogP contribution in [0, 0.1) is 0 Å². The lowest BCUT2D eigenvalue weighted by atomic mass is 10.0. The van der Waals surface area contributed by atoms with Crippen LogP contribution in [0.4, 0.5) is 9.59 Å². The number of hydrogen-bond donors (Lipinski definition) is 1. The van der Waals surface area contributed by atoms with E-state index in [-0.39, 0.29) is 25.0 Å². The van der Waals surface area contributed by atoms with Gasteiger partial charge in [-0.05, 0) is 38.8 Å². The first-order valence-electron chi connectivity index (χ1n) is 10.1. The average molecular weight is 427 g/mol. The van der Waals surface area contributed by atoms with Crippen molar-refractivity contribution in [3.8, 4) is 0 Å². The highest BCUT2D eigenvalue weighted by Crippen LogP contribution is 2.16. The van der Waals surface area contributed by atoms with Gasteiger partial charge in [0.25, 0.3) is 0 Å². The minimum absolute atomic E-state index is 0.0985. The zero-order valence-corrected chi connectivity index (χ0v) is 18.7. The molecular weight excluding hydrogens is 396 g/mol. The van der Waals surface area contributed by atoms with Gasteiger partial charge in [0.05, 0.1) is 12.6 Å². The Morgan fingerprint density at radius 3 is 2.19 bits per heavy atom. The van der Waals surface area contributed by atoms with Crippen LogP contribution in [-0.4, -0.2) is 42.1 Å². The molecule has 2 aromatic rings. The van der Waals surface area contributed by atoms with Gasteiger partial charge in [-0.15, -0.1) is 0 Å². The smallest absolute Gasteiger partial charge is 0.410 e. The highest BCUT2D eigenvalue weighted by atomic mass is 16.6. The van der Waals surface area contributed by atoms with E-state index < -0.39 is 17.8 Å². The Hall–Kier alpha value is -3.35. The van der Waals surface area contributed by atoms with E-state index >= 15 is 0 Å². The summed E-state index contributed by atoms with van der Waals surface area (Å²) < 4.78 is 10.5. The summed E-state index contributed by atoms with van der Waals surface area (Å²) in [5.74, 6) is -0.210. The fourth-order valence-electron chi connectivity index (χ4n) is 2.73. The zero-order chi connectivity index (χ0) is 23.0. The average Bonchev–Trinajstić information content (AvgIpc) is 2.71. The van der Waals surface area contributed by atoms with Gasteiger partial charge < -0.3 is 19.7 Å². The minimum Gasteiger partial charge on any atom is -0.445 e. The number of carbonyl (C=O) groups excluding carboxylic acids is 3. The second-order valence-electron chi connectivity index (χ2n) is 8.31. The van der Waals surface area contributed by atoms with E-state index in [1.165, 1.54) is 11.9 Å². The topological polar surface area (TPSA) is 84.9 Å². The molecule has 0 aliphatic carbocycles. The van der Waals surface area contributed by atoms with Gasteiger partial charge in [0.15, 0.2) is 5.78 Å². The van der Waals surface area contributed by atoms with E-state index in [1.54, 1.807) is 45.0 Å². The quantitative estimate of drug-likeness (QED) is 0.648. The molecule has 0 aliphatic heterocycles. The number of rotatable bonds is 7. The number of nitrogens with one attached hydrogen (secondary N) is 1. The maximum atomic E-state index is 12.5. The fourth-order valence-corrected chi connectivity index (χ4v) is 2.73. The van der Waals surface area contributed by atoms with Crippen molar-refractivity contribution < 1.29 is 23.9 Å². The van der Waals surface area contributed by atoms with E-state index in [9.17, 15) is 14.4 Å². The first-order valence-corrected chi connectivity index (χ1v) is 10.1. The predicted molar refractivity (Wildman–Crippen MR) is 118 cm³/mol. The van der Waals surface area contributed by atoms with Crippen molar-refractivity contribution in [1.82, 2.24) is 10.2 Å². The number of alkyl carbamates (subject to hydrolysis) is 1. The van der Waals surface area contributed by atoms with Crippen LogP contribution in [0.2, 0.25) is 0 Å². The Morgan fingerprint density at radius 1 is 1.00 bits per heavy atom. The van der Waals surface area contributed by atoms with Crippen LogP contribution in [0.25, 0.3) is 0 Å². The van der Waals surface area contributed by atoms with Crippen molar-refractivity contribution in [3.05, 3.63) is 71.3 Å². The minimum atomic E-state index is -0.575. The van der Waals surface area contributed by atoms with E-state index in [2.05, 4.69) is 5.32 Å². The van der Waals surface area contributed by atoms with Crippen molar-refractivity contribution in [2.75, 3.05) is 13.6 Å². The number of Topliss-reactive ketones (excluding diaryl/α,β-unsaturated/α-hetero) is 1. The van der Waals surface area contributed by atoms with Gasteiger partial charge >= 0.3 is 12.2 Å². The molecule has 166 valence electrons. The molecule has 0 heterocycles. The van der Waals surface area contributed by atoms with Crippen LogP contribution < -0.4 is 5.32 Å². The summed E-state index contributed by atoms with van der Waals surface area (Å²) in [5, 5.41) is 2.76. The standard InChI is InChI=1S/C24H30N2O5/c1-17(25-22(28)31-24(2,3)4)19-11-13-20(14-12-19)21(27)15-26(5)23(29)30-16-18-9-7-6-8-10-18/h6-14,17H,15-16H2,1-5H3,(H,25,28)/t17-/m0/s1. The van der Waals surface area contributed by atoms with Crippen LogP contribution in [0.5, 0.6) is 0 Å². The number of ketones is 1. The van der Waals surface area contributed by atoms with Gasteiger partial charge in [0.1, 0.15) is 12.2 Å². The number of amides is 2. The summed E-state index contributed by atoms with van der Waals surface area (Å²) in [5.41, 5.74) is 1.60. The SMILES string of the molecule is C[C@H](NC(=O)OC(C)(C)C)c1ccc(C(=O)CN(C)C(=O)OCc2ccccc2)cc1. The van der Waals surface area contributed by atoms with Gasteiger partial charge in [-0.3, -0.25) is 4.79 Å². The summed E-state index contributed by atoms with van der Waals surface area (Å²) in [6, 6.07) is 15.9. The Bertz CT molecular complexity index is 888. The summed E-state index contributed by atoms with van der Waals surface area (Å²) in [6.07, 6.45) is -1.07. The van der Waals surface area contributed by atoms with E-state index in [4.69, 9.17) is 9.47 Å². The summed E-state index contributed by atoms with van der Waals surface area (Å²) in [7, 11) is 1.52. The van der Waals surface area contributed by atoms with Crippen LogP contribution >= 0.6 is 0 Å². The van der Waals surface area contributed by atoms with Gasteiger partial charge in [0.2, 0.25) is 0 Å². The summed E-state index contributed by atoms with van der Waals surface area (Å²) in [6.45, 7) is 7.27. The van der Waals surface area contributed by atoms with Crippen molar-refractivity contribution >= 4 is 18.0 Å². The molecule has 7 nitrogen and oxygen atoms in total. The molecule has 0 radical (unpaired) electrons. The number of nitrogens with zero attached hydrogens (tertiary/aromatic N) is 1. The highest BCUT2D eigenvalue weighted by molar-refractivity contribution is 5.98. The number of benzene rings is 2. The van der Waals surface area contributed by atoms with Crippen molar-refractivity contribution in [2.24, 2.45) is 0 Å². The maximum Gasteiger partial charge on any atom is 0.410 e. The first-order chi connectivity index (χ1) is 14.5. The van der Waals surface area contributed by atoms with E-state index in [0.717, 1.165) is 11.1 Å². The largest absolute Gasteiger partial charge is 0.445 e. The third-order valence-electron chi connectivity index (χ3n) is 4.36. The molecule has 1 N–H and O–H groups in total. The Balaban J connectivity index is 1.86. The lowest BCUT2D eigenvalue weighted by Gasteiger charge is -2.22.